The molecule has 0 saturated heterocycles. The van der Waals surface area contributed by atoms with Crippen LogP contribution in [0.1, 0.15) is 47.3 Å². The standard InChI is InChI=1S/C24H26N4O3S/c1-16-7-12-22-20(14-16)21(15-17(2)26-22)24(29)27-18-8-10-19(11-9-18)32(30,31)28-23-6-4-3-5-13-25-23/h7-12,14-15H,3-6,13H2,1-2H3,(H,25,28)(H,27,29). The molecular formula is C24H26N4O3S. The number of nitrogens with one attached hydrogen (secondary N) is 2. The largest absolute Gasteiger partial charge is 0.322 e. The van der Waals surface area contributed by atoms with Crippen molar-refractivity contribution in [3.63, 3.8) is 0 Å². The van der Waals surface area contributed by atoms with Crippen molar-refractivity contribution in [2.45, 2.75) is 44.4 Å². The molecule has 0 radical (unpaired) electrons. The Hall–Kier alpha value is -3.26. The molecule has 2 N–H and O–H groups in total. The van der Waals surface area contributed by atoms with E-state index in [1.165, 1.54) is 12.1 Å². The zero-order chi connectivity index (χ0) is 22.7. The van der Waals surface area contributed by atoms with Gasteiger partial charge in [-0.2, -0.15) is 0 Å². The van der Waals surface area contributed by atoms with E-state index in [4.69, 9.17) is 0 Å². The van der Waals surface area contributed by atoms with Gasteiger partial charge in [-0.3, -0.25) is 19.5 Å². The lowest BCUT2D eigenvalue weighted by atomic mass is 10.0. The third-order valence-corrected chi connectivity index (χ3v) is 6.78. The molecule has 0 aliphatic carbocycles. The molecule has 0 atom stereocenters. The molecule has 166 valence electrons. The van der Waals surface area contributed by atoms with Crippen LogP contribution in [0.4, 0.5) is 5.69 Å². The van der Waals surface area contributed by atoms with Crippen LogP contribution in [0.5, 0.6) is 0 Å². The van der Waals surface area contributed by atoms with E-state index in [-0.39, 0.29) is 10.8 Å². The number of aliphatic imine (C=N–C) groups is 1. The number of benzene rings is 2. The zero-order valence-electron chi connectivity index (χ0n) is 18.2. The van der Waals surface area contributed by atoms with Gasteiger partial charge in [0.05, 0.1) is 16.0 Å². The van der Waals surface area contributed by atoms with Crippen molar-refractivity contribution in [2.75, 3.05) is 11.9 Å². The summed E-state index contributed by atoms with van der Waals surface area (Å²) in [5.41, 5.74) is 3.59. The number of carbonyl (C=O) groups is 1. The van der Waals surface area contributed by atoms with Crippen LogP contribution in [0.3, 0.4) is 0 Å². The van der Waals surface area contributed by atoms with Gasteiger partial charge < -0.3 is 5.32 Å². The molecule has 0 bridgehead atoms. The smallest absolute Gasteiger partial charge is 0.262 e. The molecular weight excluding hydrogens is 424 g/mol. The second-order valence-electron chi connectivity index (χ2n) is 8.05. The van der Waals surface area contributed by atoms with Crippen molar-refractivity contribution < 1.29 is 13.2 Å². The number of amidine groups is 1. The lowest BCUT2D eigenvalue weighted by Crippen LogP contribution is -2.30. The van der Waals surface area contributed by atoms with Gasteiger partial charge in [0.2, 0.25) is 0 Å². The van der Waals surface area contributed by atoms with Gasteiger partial charge in [-0.15, -0.1) is 0 Å². The Kier molecular flexibility index (Phi) is 6.23. The first-order valence-electron chi connectivity index (χ1n) is 10.7. The summed E-state index contributed by atoms with van der Waals surface area (Å²) in [6.07, 6.45) is 3.58. The minimum absolute atomic E-state index is 0.128. The van der Waals surface area contributed by atoms with Crippen molar-refractivity contribution in [3.8, 4) is 0 Å². The van der Waals surface area contributed by atoms with Gasteiger partial charge in [-0.1, -0.05) is 18.1 Å². The van der Waals surface area contributed by atoms with E-state index >= 15 is 0 Å². The van der Waals surface area contributed by atoms with Crippen LogP contribution in [-0.2, 0) is 10.0 Å². The molecule has 7 nitrogen and oxygen atoms in total. The minimum Gasteiger partial charge on any atom is -0.322 e. The van der Waals surface area contributed by atoms with Crippen LogP contribution in [0, 0.1) is 13.8 Å². The fourth-order valence-corrected chi connectivity index (χ4v) is 4.84. The van der Waals surface area contributed by atoms with E-state index in [0.29, 0.717) is 30.1 Å². The van der Waals surface area contributed by atoms with Crippen molar-refractivity contribution >= 4 is 38.4 Å². The highest BCUT2D eigenvalue weighted by molar-refractivity contribution is 7.90. The van der Waals surface area contributed by atoms with E-state index in [1.807, 2.05) is 32.0 Å². The van der Waals surface area contributed by atoms with Gasteiger partial charge in [0, 0.05) is 29.7 Å². The predicted octanol–water partition coefficient (Wildman–Crippen LogP) is 4.35. The highest BCUT2D eigenvalue weighted by Crippen LogP contribution is 2.22. The van der Waals surface area contributed by atoms with Crippen LogP contribution in [0.15, 0.2) is 58.4 Å². The maximum atomic E-state index is 13.0. The lowest BCUT2D eigenvalue weighted by molar-refractivity contribution is 0.102. The maximum Gasteiger partial charge on any atom is 0.262 e. The average Bonchev–Trinajstić information content (AvgIpc) is 3.02. The Morgan fingerprint density at radius 2 is 1.75 bits per heavy atom. The molecule has 1 amide bonds. The monoisotopic (exact) mass is 450 g/mol. The molecule has 32 heavy (non-hydrogen) atoms. The molecule has 0 fully saturated rings. The van der Waals surface area contributed by atoms with E-state index in [9.17, 15) is 13.2 Å². The molecule has 2 aromatic carbocycles. The summed E-state index contributed by atoms with van der Waals surface area (Å²) in [4.78, 5) is 21.9. The normalized spacial score (nSPS) is 14.5. The number of carbonyl (C=O) groups excluding carboxylic acids is 1. The molecule has 8 heteroatoms. The Labute approximate surface area is 188 Å². The van der Waals surface area contributed by atoms with Gasteiger partial charge in [0.15, 0.2) is 0 Å². The Morgan fingerprint density at radius 3 is 2.53 bits per heavy atom. The van der Waals surface area contributed by atoms with Crippen LogP contribution < -0.4 is 10.0 Å². The van der Waals surface area contributed by atoms with Crippen molar-refractivity contribution in [2.24, 2.45) is 4.99 Å². The number of rotatable bonds is 4. The summed E-state index contributed by atoms with van der Waals surface area (Å²) in [5.74, 6) is 0.239. The van der Waals surface area contributed by atoms with Crippen LogP contribution in [0.2, 0.25) is 0 Å². The number of aryl methyl sites for hydroxylation is 2. The summed E-state index contributed by atoms with van der Waals surface area (Å²) < 4.78 is 28.0. The van der Waals surface area contributed by atoms with Gasteiger partial charge in [-0.05, 0) is 69.2 Å². The fourth-order valence-electron chi connectivity index (χ4n) is 3.75. The number of sulfonamides is 1. The summed E-state index contributed by atoms with van der Waals surface area (Å²) >= 11 is 0. The topological polar surface area (TPSA) is 101 Å². The number of nitrogens with zero attached hydrogens (tertiary/aromatic N) is 2. The quantitative estimate of drug-likeness (QED) is 0.617. The predicted molar refractivity (Wildman–Crippen MR) is 127 cm³/mol. The second-order valence-corrected chi connectivity index (χ2v) is 9.74. The second kappa shape index (κ2) is 9.08. The molecule has 0 unspecified atom stereocenters. The van der Waals surface area contributed by atoms with Gasteiger partial charge in [0.1, 0.15) is 5.84 Å². The lowest BCUT2D eigenvalue weighted by Gasteiger charge is -2.12. The van der Waals surface area contributed by atoms with Crippen molar-refractivity contribution in [1.29, 1.82) is 0 Å². The summed E-state index contributed by atoms with van der Waals surface area (Å²) in [6.45, 7) is 4.46. The summed E-state index contributed by atoms with van der Waals surface area (Å²) in [7, 11) is -3.71. The average molecular weight is 451 g/mol. The van der Waals surface area contributed by atoms with E-state index in [2.05, 4.69) is 20.0 Å². The van der Waals surface area contributed by atoms with Crippen LogP contribution >= 0.6 is 0 Å². The molecule has 1 aromatic heterocycles. The Morgan fingerprint density at radius 1 is 0.969 bits per heavy atom. The first-order valence-corrected chi connectivity index (χ1v) is 12.2. The number of aromatic nitrogens is 1. The van der Waals surface area contributed by atoms with Crippen LogP contribution in [-0.4, -0.2) is 31.7 Å². The zero-order valence-corrected chi connectivity index (χ0v) is 19.0. The molecule has 1 aliphatic heterocycles. The summed E-state index contributed by atoms with van der Waals surface area (Å²) in [5, 5.41) is 3.64. The number of hydrogen-bond donors (Lipinski definition) is 2. The van der Waals surface area contributed by atoms with E-state index < -0.39 is 10.0 Å². The van der Waals surface area contributed by atoms with Crippen molar-refractivity contribution in [1.82, 2.24) is 9.71 Å². The number of anilines is 1. The van der Waals surface area contributed by atoms with Gasteiger partial charge >= 0.3 is 0 Å². The van der Waals surface area contributed by atoms with Gasteiger partial charge in [-0.25, -0.2) is 8.42 Å². The highest BCUT2D eigenvalue weighted by Gasteiger charge is 2.18. The molecule has 2 heterocycles. The highest BCUT2D eigenvalue weighted by atomic mass is 32.2. The molecule has 3 aromatic rings. The first-order chi connectivity index (χ1) is 15.3. The molecule has 0 spiro atoms. The van der Waals surface area contributed by atoms with Crippen molar-refractivity contribution in [3.05, 3.63) is 65.4 Å². The van der Waals surface area contributed by atoms with E-state index in [0.717, 1.165) is 41.4 Å². The fraction of sp³-hybridized carbons (Fsp3) is 0.292. The first kappa shape index (κ1) is 22.0. The van der Waals surface area contributed by atoms with Gasteiger partial charge in [0.25, 0.3) is 15.9 Å². The Balaban J connectivity index is 1.53. The van der Waals surface area contributed by atoms with Crippen LogP contribution in [0.25, 0.3) is 10.9 Å². The van der Waals surface area contributed by atoms with E-state index in [1.54, 1.807) is 18.2 Å². The third-order valence-electron chi connectivity index (χ3n) is 5.39. The molecule has 4 rings (SSSR count). The maximum absolute atomic E-state index is 13.0. The Bertz CT molecular complexity index is 1300. The number of amides is 1. The number of fused-ring (bicyclic) bond motifs is 1. The number of hydrogen-bond acceptors (Lipinski definition) is 5. The molecule has 0 saturated carbocycles. The molecule has 1 aliphatic rings. The third kappa shape index (κ3) is 4.96. The summed E-state index contributed by atoms with van der Waals surface area (Å²) in [6, 6.07) is 13.7. The minimum atomic E-state index is -3.71. The SMILES string of the molecule is Cc1ccc2nc(C)cc(C(=O)Nc3ccc(S(=O)(=O)NC4=NCCCCC4)cc3)c2c1. The number of pyridine rings is 1.